The molecule has 1 amide bonds. The average molecular weight is 496 g/mol. The Morgan fingerprint density at radius 3 is 2.30 bits per heavy atom. The third-order valence-electron chi connectivity index (χ3n) is 6.21. The Hall–Kier alpha value is -2.36. The minimum absolute atomic E-state index is 0.00779. The lowest BCUT2D eigenvalue weighted by atomic mass is 9.97. The van der Waals surface area contributed by atoms with E-state index in [9.17, 15) is 18.0 Å². The van der Waals surface area contributed by atoms with Crippen LogP contribution in [0.2, 0.25) is 5.02 Å². The van der Waals surface area contributed by atoms with Crippen molar-refractivity contribution in [3.63, 3.8) is 0 Å². The lowest BCUT2D eigenvalue weighted by molar-refractivity contribution is -0.126. The summed E-state index contributed by atoms with van der Waals surface area (Å²) in [5, 5.41) is 3.55. The van der Waals surface area contributed by atoms with Crippen LogP contribution in [0.3, 0.4) is 0 Å². The molecule has 0 unspecified atom stereocenters. The smallest absolute Gasteiger partial charge is 0.341 e. The molecule has 8 nitrogen and oxygen atoms in total. The molecule has 3 rings (SSSR count). The molecule has 2 heterocycles. The number of nitrogens with zero attached hydrogens (tertiary/aromatic N) is 2. The molecule has 33 heavy (non-hydrogen) atoms. The number of sulfonamides is 1. The van der Waals surface area contributed by atoms with Gasteiger partial charge in [-0.25, -0.2) is 13.2 Å². The van der Waals surface area contributed by atoms with Gasteiger partial charge < -0.3 is 14.6 Å². The third kappa shape index (κ3) is 5.26. The quantitative estimate of drug-likeness (QED) is 0.595. The lowest BCUT2D eigenvalue weighted by Gasteiger charge is -2.30. The zero-order valence-electron chi connectivity index (χ0n) is 19.4. The van der Waals surface area contributed by atoms with Crippen molar-refractivity contribution < 1.29 is 22.7 Å². The number of nitrogens with one attached hydrogen (secondary N) is 1. The number of amides is 1. The van der Waals surface area contributed by atoms with Gasteiger partial charge in [0.2, 0.25) is 15.9 Å². The predicted molar refractivity (Wildman–Crippen MR) is 126 cm³/mol. The summed E-state index contributed by atoms with van der Waals surface area (Å²) < 4.78 is 35.2. The van der Waals surface area contributed by atoms with Crippen LogP contribution in [-0.2, 0) is 33.1 Å². The fourth-order valence-electron chi connectivity index (χ4n) is 4.10. The van der Waals surface area contributed by atoms with Crippen molar-refractivity contribution in [2.24, 2.45) is 13.0 Å². The monoisotopic (exact) mass is 495 g/mol. The molecule has 1 aliphatic heterocycles. The van der Waals surface area contributed by atoms with Crippen LogP contribution in [0.5, 0.6) is 0 Å². The Balaban J connectivity index is 1.70. The number of hydrogen-bond donors (Lipinski definition) is 1. The van der Waals surface area contributed by atoms with Crippen LogP contribution in [-0.4, -0.2) is 48.9 Å². The fraction of sp³-hybridized carbons (Fsp3) is 0.478. The number of rotatable bonds is 7. The summed E-state index contributed by atoms with van der Waals surface area (Å²) in [6, 6.07) is 7.24. The van der Waals surface area contributed by atoms with Gasteiger partial charge in [-0.2, -0.15) is 4.31 Å². The summed E-state index contributed by atoms with van der Waals surface area (Å²) in [6.07, 6.45) is 0.816. The Labute approximate surface area is 199 Å². The minimum Gasteiger partial charge on any atom is -0.462 e. The van der Waals surface area contributed by atoms with Gasteiger partial charge in [0.15, 0.2) is 0 Å². The second-order valence-corrected chi connectivity index (χ2v) is 10.5. The molecule has 10 heteroatoms. The highest BCUT2D eigenvalue weighted by Gasteiger charge is 2.38. The van der Waals surface area contributed by atoms with Gasteiger partial charge in [-0.05, 0) is 51.3 Å². The van der Waals surface area contributed by atoms with Crippen LogP contribution in [0.1, 0.15) is 47.1 Å². The number of halogens is 1. The predicted octanol–water partition coefficient (Wildman–Crippen LogP) is 3.19. The molecule has 0 aliphatic carbocycles. The van der Waals surface area contributed by atoms with E-state index in [1.54, 1.807) is 44.5 Å². The highest BCUT2D eigenvalue weighted by Crippen LogP contribution is 2.32. The van der Waals surface area contributed by atoms with E-state index >= 15 is 0 Å². The first-order valence-electron chi connectivity index (χ1n) is 10.9. The first-order valence-corrected chi connectivity index (χ1v) is 12.7. The highest BCUT2D eigenvalue weighted by atomic mass is 35.5. The zero-order chi connectivity index (χ0) is 24.3. The van der Waals surface area contributed by atoms with Crippen molar-refractivity contribution in [1.82, 2.24) is 14.2 Å². The molecule has 0 atom stereocenters. The number of aromatic nitrogens is 1. The molecule has 1 aliphatic rings. The van der Waals surface area contributed by atoms with Crippen molar-refractivity contribution in [3.8, 4) is 0 Å². The molecule has 1 aromatic carbocycles. The maximum absolute atomic E-state index is 13.5. The van der Waals surface area contributed by atoms with Crippen molar-refractivity contribution in [1.29, 1.82) is 0 Å². The molecule has 0 radical (unpaired) electrons. The van der Waals surface area contributed by atoms with Crippen LogP contribution in [0.15, 0.2) is 29.2 Å². The molecule has 1 fully saturated rings. The van der Waals surface area contributed by atoms with E-state index in [1.807, 2.05) is 12.1 Å². The van der Waals surface area contributed by atoms with Crippen LogP contribution in [0.4, 0.5) is 0 Å². The molecule has 2 aromatic rings. The van der Waals surface area contributed by atoms with Gasteiger partial charge in [0.25, 0.3) is 0 Å². The van der Waals surface area contributed by atoms with Crippen molar-refractivity contribution >= 4 is 33.5 Å². The first-order chi connectivity index (χ1) is 15.6. The Kier molecular flexibility index (Phi) is 7.87. The number of piperidine rings is 1. The van der Waals surface area contributed by atoms with Crippen molar-refractivity contribution in [3.05, 3.63) is 51.8 Å². The molecule has 1 aromatic heterocycles. The topological polar surface area (TPSA) is 97.7 Å². The average Bonchev–Trinajstić information content (AvgIpc) is 3.03. The fourth-order valence-corrected chi connectivity index (χ4v) is 6.17. The first kappa shape index (κ1) is 25.3. The van der Waals surface area contributed by atoms with Crippen molar-refractivity contribution in [2.75, 3.05) is 19.7 Å². The van der Waals surface area contributed by atoms with Crippen molar-refractivity contribution in [2.45, 2.75) is 45.1 Å². The van der Waals surface area contributed by atoms with E-state index in [4.69, 9.17) is 16.3 Å². The number of carbonyl (C=O) groups excluding carboxylic acids is 2. The summed E-state index contributed by atoms with van der Waals surface area (Å²) in [4.78, 5) is 25.2. The maximum Gasteiger partial charge on any atom is 0.341 e. The third-order valence-corrected chi connectivity index (χ3v) is 8.52. The maximum atomic E-state index is 13.5. The zero-order valence-corrected chi connectivity index (χ0v) is 20.9. The lowest BCUT2D eigenvalue weighted by Crippen LogP contribution is -2.43. The van der Waals surface area contributed by atoms with Gasteiger partial charge in [0.05, 0.1) is 6.61 Å². The van der Waals surface area contributed by atoms with Gasteiger partial charge in [-0.3, -0.25) is 4.79 Å². The van der Waals surface area contributed by atoms with Crippen LogP contribution >= 0.6 is 11.6 Å². The number of carbonyl (C=O) groups is 2. The number of esters is 1. The molecule has 1 N–H and O–H groups in total. The van der Waals surface area contributed by atoms with Gasteiger partial charge in [-0.1, -0.05) is 23.7 Å². The van der Waals surface area contributed by atoms with Crippen LogP contribution in [0.25, 0.3) is 0 Å². The number of hydrogen-bond acceptors (Lipinski definition) is 5. The van der Waals surface area contributed by atoms with Gasteiger partial charge in [0, 0.05) is 49.0 Å². The van der Waals surface area contributed by atoms with E-state index < -0.39 is 16.0 Å². The number of benzene rings is 1. The highest BCUT2D eigenvalue weighted by molar-refractivity contribution is 7.89. The second kappa shape index (κ2) is 10.3. The molecular formula is C23H30ClN3O5S. The Bertz CT molecular complexity index is 1130. The molecule has 0 bridgehead atoms. The summed E-state index contributed by atoms with van der Waals surface area (Å²) >= 11 is 5.89. The minimum atomic E-state index is -3.93. The van der Waals surface area contributed by atoms with Crippen LogP contribution < -0.4 is 5.32 Å². The molecule has 180 valence electrons. The van der Waals surface area contributed by atoms with Gasteiger partial charge in [0.1, 0.15) is 10.5 Å². The van der Waals surface area contributed by atoms with E-state index in [0.29, 0.717) is 35.8 Å². The summed E-state index contributed by atoms with van der Waals surface area (Å²) in [5.74, 6) is -1.01. The number of ether oxygens (including phenoxy) is 1. The summed E-state index contributed by atoms with van der Waals surface area (Å²) in [7, 11) is -2.20. The molecular weight excluding hydrogens is 466 g/mol. The second-order valence-electron chi connectivity index (χ2n) is 8.18. The van der Waals surface area contributed by atoms with E-state index in [-0.39, 0.29) is 42.0 Å². The molecule has 0 saturated carbocycles. The van der Waals surface area contributed by atoms with Gasteiger partial charge in [-0.15, -0.1) is 0 Å². The van der Waals surface area contributed by atoms with Crippen LogP contribution in [0, 0.1) is 19.8 Å². The summed E-state index contributed by atoms with van der Waals surface area (Å²) in [5.41, 5.74) is 2.05. The van der Waals surface area contributed by atoms with Gasteiger partial charge >= 0.3 is 5.97 Å². The molecule has 0 spiro atoms. The Morgan fingerprint density at radius 1 is 1.12 bits per heavy atom. The van der Waals surface area contributed by atoms with E-state index in [0.717, 1.165) is 5.56 Å². The Morgan fingerprint density at radius 2 is 1.73 bits per heavy atom. The van der Waals surface area contributed by atoms with E-state index in [2.05, 4.69) is 5.32 Å². The largest absolute Gasteiger partial charge is 0.462 e. The SMILES string of the molecule is CCOC(=O)c1c(S(=O)(=O)N2CCC(C(=O)NCc3ccc(Cl)cc3)CC2)c(C)n(C)c1C. The normalized spacial score (nSPS) is 15.4. The standard InChI is InChI=1S/C23H30ClN3O5S/c1-5-32-23(29)20-15(2)26(4)16(3)21(20)33(30,31)27-12-10-18(11-13-27)22(28)25-14-17-6-8-19(24)9-7-17/h6-9,18H,5,10-14H2,1-4H3,(H,25,28). The summed E-state index contributed by atoms with van der Waals surface area (Å²) in [6.45, 7) is 6.02. The van der Waals surface area contributed by atoms with E-state index in [1.165, 1.54) is 4.31 Å². The molecule has 1 saturated heterocycles.